The van der Waals surface area contributed by atoms with Crippen molar-refractivity contribution in [3.63, 3.8) is 0 Å². The zero-order chi connectivity index (χ0) is 19.7. The van der Waals surface area contributed by atoms with Crippen molar-refractivity contribution >= 4 is 40.5 Å². The van der Waals surface area contributed by atoms with Crippen LogP contribution in [0.3, 0.4) is 0 Å². The lowest BCUT2D eigenvalue weighted by molar-refractivity contribution is 0.0953. The van der Waals surface area contributed by atoms with Gasteiger partial charge in [0.15, 0.2) is 5.78 Å². The van der Waals surface area contributed by atoms with Crippen LogP contribution in [0.4, 0.5) is 23.1 Å². The molecule has 0 bridgehead atoms. The number of rotatable bonds is 4. The van der Waals surface area contributed by atoms with E-state index in [0.717, 1.165) is 29.1 Å². The maximum absolute atomic E-state index is 12.7. The third-order valence-corrected chi connectivity index (χ3v) is 4.97. The summed E-state index contributed by atoms with van der Waals surface area (Å²) in [7, 11) is 0. The van der Waals surface area contributed by atoms with Gasteiger partial charge in [-0.2, -0.15) is 4.98 Å². The van der Waals surface area contributed by atoms with Gasteiger partial charge < -0.3 is 10.6 Å². The average Bonchev–Trinajstić information content (AvgIpc) is 2.63. The number of fused-ring (bicyclic) bond motifs is 1. The van der Waals surface area contributed by atoms with Crippen LogP contribution in [0.25, 0.3) is 0 Å². The van der Waals surface area contributed by atoms with Crippen molar-refractivity contribution in [1.29, 1.82) is 0 Å². The predicted octanol–water partition coefficient (Wildman–Crippen LogP) is 5.69. The quantitative estimate of drug-likeness (QED) is 0.596. The Balaban J connectivity index is 1.74. The standard InChI is InChI=1S/C22H21ClN4O/c1-13-4-3-5-17(10-13)24-21-20-18(11-14(2)12-19(20)28)26-22(27-21)25-16-8-6-15(23)7-9-16/h3-10,14H,11-12H2,1-2H3,(H2,24,25,26,27). The SMILES string of the molecule is Cc1cccc(Nc2nc(Nc3ccc(Cl)cc3)nc3c2C(=O)CC(C)C3)c1. The van der Waals surface area contributed by atoms with Crippen molar-refractivity contribution in [2.75, 3.05) is 10.6 Å². The first-order chi connectivity index (χ1) is 13.5. The zero-order valence-electron chi connectivity index (χ0n) is 15.8. The van der Waals surface area contributed by atoms with Gasteiger partial charge in [-0.15, -0.1) is 0 Å². The summed E-state index contributed by atoms with van der Waals surface area (Å²) in [5, 5.41) is 7.20. The number of aryl methyl sites for hydroxylation is 1. The first kappa shape index (κ1) is 18.4. The molecule has 0 spiro atoms. The molecule has 1 aromatic heterocycles. The summed E-state index contributed by atoms with van der Waals surface area (Å²) in [5.74, 6) is 1.36. The van der Waals surface area contributed by atoms with Crippen LogP contribution in [0.15, 0.2) is 48.5 Å². The van der Waals surface area contributed by atoms with Crippen molar-refractivity contribution in [2.45, 2.75) is 26.7 Å². The second-order valence-corrected chi connectivity index (χ2v) is 7.72. The summed E-state index contributed by atoms with van der Waals surface area (Å²) in [6.07, 6.45) is 1.27. The Kier molecular flexibility index (Phi) is 5.01. The molecular weight excluding hydrogens is 372 g/mol. The van der Waals surface area contributed by atoms with Gasteiger partial charge in [-0.05, 0) is 61.2 Å². The van der Waals surface area contributed by atoms with Crippen molar-refractivity contribution in [3.8, 4) is 0 Å². The molecule has 0 saturated carbocycles. The van der Waals surface area contributed by atoms with E-state index >= 15 is 0 Å². The molecule has 0 radical (unpaired) electrons. The fourth-order valence-corrected chi connectivity index (χ4v) is 3.56. The summed E-state index contributed by atoms with van der Waals surface area (Å²) in [4.78, 5) is 22.0. The highest BCUT2D eigenvalue weighted by atomic mass is 35.5. The van der Waals surface area contributed by atoms with Gasteiger partial charge in [0.1, 0.15) is 5.82 Å². The molecular formula is C22H21ClN4O. The minimum atomic E-state index is 0.0851. The Bertz CT molecular complexity index is 1030. The number of hydrogen-bond acceptors (Lipinski definition) is 5. The molecule has 2 N–H and O–H groups in total. The summed E-state index contributed by atoms with van der Waals surface area (Å²) in [6, 6.07) is 15.3. The second-order valence-electron chi connectivity index (χ2n) is 7.28. The largest absolute Gasteiger partial charge is 0.339 e. The van der Waals surface area contributed by atoms with Crippen molar-refractivity contribution in [1.82, 2.24) is 9.97 Å². The van der Waals surface area contributed by atoms with E-state index < -0.39 is 0 Å². The first-order valence-corrected chi connectivity index (χ1v) is 9.66. The van der Waals surface area contributed by atoms with Crippen molar-refractivity contribution in [3.05, 3.63) is 70.4 Å². The van der Waals surface area contributed by atoms with Gasteiger partial charge in [0.05, 0.1) is 11.3 Å². The third kappa shape index (κ3) is 3.99. The van der Waals surface area contributed by atoms with Crippen LogP contribution in [-0.2, 0) is 6.42 Å². The minimum absolute atomic E-state index is 0.0851. The average molecular weight is 393 g/mol. The maximum atomic E-state index is 12.7. The van der Waals surface area contributed by atoms with Crippen LogP contribution >= 0.6 is 11.6 Å². The number of anilines is 4. The lowest BCUT2D eigenvalue weighted by Crippen LogP contribution is -2.22. The summed E-state index contributed by atoms with van der Waals surface area (Å²) in [5.41, 5.74) is 4.24. The van der Waals surface area contributed by atoms with Crippen LogP contribution in [0.2, 0.25) is 5.02 Å². The molecule has 2 aromatic carbocycles. The van der Waals surface area contributed by atoms with Crippen LogP contribution in [0.5, 0.6) is 0 Å². The Hall–Kier alpha value is -2.92. The lowest BCUT2D eigenvalue weighted by atomic mass is 9.87. The zero-order valence-corrected chi connectivity index (χ0v) is 16.5. The molecule has 4 rings (SSSR count). The van der Waals surface area contributed by atoms with Gasteiger partial charge in [-0.25, -0.2) is 4.98 Å². The molecule has 6 heteroatoms. The van der Waals surface area contributed by atoms with E-state index in [-0.39, 0.29) is 11.7 Å². The maximum Gasteiger partial charge on any atom is 0.229 e. The molecule has 142 valence electrons. The normalized spacial score (nSPS) is 15.8. The van der Waals surface area contributed by atoms with Gasteiger partial charge in [0.25, 0.3) is 0 Å². The summed E-state index contributed by atoms with van der Waals surface area (Å²) < 4.78 is 0. The van der Waals surface area contributed by atoms with Gasteiger partial charge in [-0.3, -0.25) is 4.79 Å². The van der Waals surface area contributed by atoms with Gasteiger partial charge >= 0.3 is 0 Å². The van der Waals surface area contributed by atoms with E-state index in [1.54, 1.807) is 12.1 Å². The monoisotopic (exact) mass is 392 g/mol. The molecule has 1 atom stereocenters. The van der Waals surface area contributed by atoms with Gasteiger partial charge in [-0.1, -0.05) is 30.7 Å². The Labute approximate surface area is 169 Å². The topological polar surface area (TPSA) is 66.9 Å². The van der Waals surface area contributed by atoms with Crippen LogP contribution in [-0.4, -0.2) is 15.8 Å². The van der Waals surface area contributed by atoms with E-state index in [0.29, 0.717) is 28.8 Å². The van der Waals surface area contributed by atoms with E-state index in [4.69, 9.17) is 11.6 Å². The number of aromatic nitrogens is 2. The molecule has 3 aromatic rings. The summed E-state index contributed by atoms with van der Waals surface area (Å²) >= 11 is 5.96. The van der Waals surface area contributed by atoms with Gasteiger partial charge in [0, 0.05) is 22.8 Å². The smallest absolute Gasteiger partial charge is 0.229 e. The number of halogens is 1. The van der Waals surface area contributed by atoms with Gasteiger partial charge in [0.2, 0.25) is 5.95 Å². The second kappa shape index (κ2) is 7.60. The predicted molar refractivity (Wildman–Crippen MR) is 113 cm³/mol. The molecule has 5 nitrogen and oxygen atoms in total. The molecule has 0 fully saturated rings. The van der Waals surface area contributed by atoms with Crippen LogP contribution in [0, 0.1) is 12.8 Å². The highest BCUT2D eigenvalue weighted by Crippen LogP contribution is 2.32. The number of carbonyl (C=O) groups excluding carboxylic acids is 1. The first-order valence-electron chi connectivity index (χ1n) is 9.28. The fourth-order valence-electron chi connectivity index (χ4n) is 3.44. The number of carbonyl (C=O) groups is 1. The molecule has 1 unspecified atom stereocenters. The van der Waals surface area contributed by atoms with Crippen molar-refractivity contribution < 1.29 is 4.79 Å². The molecule has 28 heavy (non-hydrogen) atoms. The van der Waals surface area contributed by atoms with Crippen molar-refractivity contribution in [2.24, 2.45) is 5.92 Å². The molecule has 1 aliphatic rings. The molecule has 1 aliphatic carbocycles. The van der Waals surface area contributed by atoms with E-state index in [2.05, 4.69) is 27.5 Å². The number of Topliss-reactive ketones (excluding diaryl/α,β-unsaturated/α-hetero) is 1. The fraction of sp³-hybridized carbons (Fsp3) is 0.227. The van der Waals surface area contributed by atoms with E-state index in [9.17, 15) is 4.79 Å². The van der Waals surface area contributed by atoms with Crippen LogP contribution in [0.1, 0.15) is 35.0 Å². The van der Waals surface area contributed by atoms with E-state index in [1.165, 1.54) is 0 Å². The number of benzene rings is 2. The Morgan fingerprint density at radius 2 is 1.79 bits per heavy atom. The molecule has 0 aliphatic heterocycles. The number of nitrogens with one attached hydrogen (secondary N) is 2. The number of nitrogens with zero attached hydrogens (tertiary/aromatic N) is 2. The number of ketones is 1. The van der Waals surface area contributed by atoms with Crippen LogP contribution < -0.4 is 10.6 Å². The molecule has 1 heterocycles. The third-order valence-electron chi connectivity index (χ3n) is 4.72. The minimum Gasteiger partial charge on any atom is -0.339 e. The lowest BCUT2D eigenvalue weighted by Gasteiger charge is -2.23. The molecule has 0 amide bonds. The Morgan fingerprint density at radius 3 is 2.54 bits per heavy atom. The number of hydrogen-bond donors (Lipinski definition) is 2. The highest BCUT2D eigenvalue weighted by molar-refractivity contribution is 6.30. The molecule has 0 saturated heterocycles. The highest BCUT2D eigenvalue weighted by Gasteiger charge is 2.28. The summed E-state index contributed by atoms with van der Waals surface area (Å²) in [6.45, 7) is 4.10. The Morgan fingerprint density at radius 1 is 1.00 bits per heavy atom. The van der Waals surface area contributed by atoms with E-state index in [1.807, 2.05) is 43.3 Å².